The molecule has 0 aromatic heterocycles. The van der Waals surface area contributed by atoms with E-state index in [2.05, 4.69) is 0 Å². The minimum atomic E-state index is -0.591. The van der Waals surface area contributed by atoms with Gasteiger partial charge in [0.2, 0.25) is 0 Å². The molecular formula is C24H27NO6. The Bertz CT molecular complexity index is 896. The summed E-state index contributed by atoms with van der Waals surface area (Å²) in [6.07, 6.45) is 3.74. The maximum Gasteiger partial charge on any atom is 0.331 e. The molecule has 0 fully saturated rings. The number of esters is 1. The molecule has 0 bridgehead atoms. The molecule has 31 heavy (non-hydrogen) atoms. The smallest absolute Gasteiger partial charge is 0.331 e. The highest BCUT2D eigenvalue weighted by Crippen LogP contribution is 2.30. The van der Waals surface area contributed by atoms with E-state index in [-0.39, 0.29) is 12.5 Å². The first-order valence-corrected chi connectivity index (χ1v) is 10.2. The largest absolute Gasteiger partial charge is 0.490 e. The number of benzene rings is 2. The first-order valence-electron chi connectivity index (χ1n) is 10.2. The van der Waals surface area contributed by atoms with Crippen LogP contribution in [0.4, 0.5) is 0 Å². The summed E-state index contributed by atoms with van der Waals surface area (Å²) in [5.41, 5.74) is 1.77. The topological polar surface area (TPSA) is 74.3 Å². The maximum atomic E-state index is 12.6. The molecular weight excluding hydrogens is 398 g/mol. The summed E-state index contributed by atoms with van der Waals surface area (Å²) in [7, 11) is 1.58. The van der Waals surface area contributed by atoms with E-state index >= 15 is 0 Å². The summed E-state index contributed by atoms with van der Waals surface area (Å²) in [6.45, 7) is 2.11. The van der Waals surface area contributed by atoms with Crippen molar-refractivity contribution in [3.05, 3.63) is 65.7 Å². The number of hydrogen-bond donors (Lipinski definition) is 0. The van der Waals surface area contributed by atoms with Crippen molar-refractivity contribution in [2.24, 2.45) is 0 Å². The van der Waals surface area contributed by atoms with Crippen molar-refractivity contribution in [1.82, 2.24) is 4.90 Å². The van der Waals surface area contributed by atoms with E-state index in [0.717, 1.165) is 17.5 Å². The second kappa shape index (κ2) is 11.8. The second-order valence-corrected chi connectivity index (χ2v) is 6.99. The van der Waals surface area contributed by atoms with E-state index in [1.165, 1.54) is 6.08 Å². The fourth-order valence-corrected chi connectivity index (χ4v) is 3.02. The number of amides is 1. The molecule has 1 aliphatic heterocycles. The molecule has 2 aromatic rings. The van der Waals surface area contributed by atoms with E-state index in [4.69, 9.17) is 18.9 Å². The Morgan fingerprint density at radius 3 is 2.61 bits per heavy atom. The SMILES string of the molecule is COCCN(Cc1ccccc1)C(=O)COC(=O)/C=C/c1ccc2c(c1)OCCCO2. The van der Waals surface area contributed by atoms with Gasteiger partial charge in [-0.25, -0.2) is 4.79 Å². The number of methoxy groups -OCH3 is 1. The van der Waals surface area contributed by atoms with Gasteiger partial charge in [0, 0.05) is 32.7 Å². The minimum Gasteiger partial charge on any atom is -0.490 e. The van der Waals surface area contributed by atoms with Crippen LogP contribution in [0, 0.1) is 0 Å². The van der Waals surface area contributed by atoms with Crippen molar-refractivity contribution in [2.45, 2.75) is 13.0 Å². The van der Waals surface area contributed by atoms with Crippen LogP contribution in [0.15, 0.2) is 54.6 Å². The highest BCUT2D eigenvalue weighted by atomic mass is 16.5. The van der Waals surface area contributed by atoms with Crippen LogP contribution in [0.2, 0.25) is 0 Å². The third kappa shape index (κ3) is 7.15. The molecule has 2 aromatic carbocycles. The van der Waals surface area contributed by atoms with E-state index in [1.807, 2.05) is 48.5 Å². The first-order chi connectivity index (χ1) is 15.2. The zero-order valence-electron chi connectivity index (χ0n) is 17.6. The van der Waals surface area contributed by atoms with Gasteiger partial charge in [0.1, 0.15) is 0 Å². The van der Waals surface area contributed by atoms with Crippen LogP contribution in [0.25, 0.3) is 6.08 Å². The Labute approximate surface area is 182 Å². The average Bonchev–Trinajstić information content (AvgIpc) is 3.04. The molecule has 0 N–H and O–H groups in total. The van der Waals surface area contributed by atoms with E-state index in [9.17, 15) is 9.59 Å². The van der Waals surface area contributed by atoms with Gasteiger partial charge >= 0.3 is 5.97 Å². The molecule has 7 nitrogen and oxygen atoms in total. The van der Waals surface area contributed by atoms with Gasteiger partial charge in [0.15, 0.2) is 18.1 Å². The number of carbonyl (C=O) groups excluding carboxylic acids is 2. The molecule has 1 heterocycles. The Morgan fingerprint density at radius 2 is 1.84 bits per heavy atom. The van der Waals surface area contributed by atoms with E-state index in [0.29, 0.717) is 44.4 Å². The second-order valence-electron chi connectivity index (χ2n) is 6.99. The summed E-state index contributed by atoms with van der Waals surface area (Å²) in [5, 5.41) is 0. The third-order valence-electron chi connectivity index (χ3n) is 4.66. The fourth-order valence-electron chi connectivity index (χ4n) is 3.02. The number of hydrogen-bond acceptors (Lipinski definition) is 6. The number of nitrogens with zero attached hydrogens (tertiary/aromatic N) is 1. The first kappa shape index (κ1) is 22.4. The van der Waals surface area contributed by atoms with Gasteiger partial charge in [-0.15, -0.1) is 0 Å². The Hall–Kier alpha value is -3.32. The minimum absolute atomic E-state index is 0.279. The lowest BCUT2D eigenvalue weighted by molar-refractivity contribution is -0.148. The van der Waals surface area contributed by atoms with Gasteiger partial charge in [-0.3, -0.25) is 4.79 Å². The van der Waals surface area contributed by atoms with Gasteiger partial charge in [-0.05, 0) is 29.3 Å². The molecule has 0 spiro atoms. The normalized spacial score (nSPS) is 12.9. The van der Waals surface area contributed by atoms with Crippen molar-refractivity contribution < 1.29 is 28.5 Å². The summed E-state index contributed by atoms with van der Waals surface area (Å²) in [4.78, 5) is 26.3. The van der Waals surface area contributed by atoms with Crippen LogP contribution in [0.1, 0.15) is 17.5 Å². The van der Waals surface area contributed by atoms with Crippen LogP contribution in [0.3, 0.4) is 0 Å². The van der Waals surface area contributed by atoms with Gasteiger partial charge in [0.25, 0.3) is 5.91 Å². The Balaban J connectivity index is 1.53. The fraction of sp³-hybridized carbons (Fsp3) is 0.333. The number of ether oxygens (including phenoxy) is 4. The Kier molecular flexibility index (Phi) is 8.48. The zero-order chi connectivity index (χ0) is 21.9. The summed E-state index contributed by atoms with van der Waals surface area (Å²) in [6, 6.07) is 15.1. The molecule has 0 saturated carbocycles. The molecule has 1 amide bonds. The summed E-state index contributed by atoms with van der Waals surface area (Å²) in [5.74, 6) is 0.473. The van der Waals surface area contributed by atoms with Crippen LogP contribution >= 0.6 is 0 Å². The maximum absolute atomic E-state index is 12.6. The van der Waals surface area contributed by atoms with Crippen molar-refractivity contribution in [3.63, 3.8) is 0 Å². The molecule has 0 atom stereocenters. The molecule has 0 saturated heterocycles. The number of fused-ring (bicyclic) bond motifs is 1. The number of rotatable bonds is 9. The van der Waals surface area contributed by atoms with Crippen molar-refractivity contribution in [1.29, 1.82) is 0 Å². The monoisotopic (exact) mass is 425 g/mol. The van der Waals surface area contributed by atoms with E-state index in [1.54, 1.807) is 18.1 Å². The van der Waals surface area contributed by atoms with Crippen LogP contribution < -0.4 is 9.47 Å². The van der Waals surface area contributed by atoms with Crippen molar-refractivity contribution in [3.8, 4) is 11.5 Å². The molecule has 0 radical (unpaired) electrons. The van der Waals surface area contributed by atoms with E-state index < -0.39 is 5.97 Å². The van der Waals surface area contributed by atoms with Gasteiger partial charge in [0.05, 0.1) is 19.8 Å². The highest BCUT2D eigenvalue weighted by Gasteiger charge is 2.16. The quantitative estimate of drug-likeness (QED) is 0.454. The van der Waals surface area contributed by atoms with Crippen molar-refractivity contribution in [2.75, 3.05) is 40.1 Å². The van der Waals surface area contributed by atoms with Crippen LogP contribution in [-0.2, 0) is 25.6 Å². The number of carbonyl (C=O) groups is 2. The van der Waals surface area contributed by atoms with Gasteiger partial charge in [-0.2, -0.15) is 0 Å². The van der Waals surface area contributed by atoms with Crippen LogP contribution in [-0.4, -0.2) is 56.9 Å². The molecule has 1 aliphatic rings. The highest BCUT2D eigenvalue weighted by molar-refractivity contribution is 5.89. The average molecular weight is 425 g/mol. The van der Waals surface area contributed by atoms with Crippen LogP contribution in [0.5, 0.6) is 11.5 Å². The molecule has 164 valence electrons. The lowest BCUT2D eigenvalue weighted by Crippen LogP contribution is -2.36. The lowest BCUT2D eigenvalue weighted by Gasteiger charge is -2.22. The molecule has 0 aliphatic carbocycles. The molecule has 7 heteroatoms. The van der Waals surface area contributed by atoms with Gasteiger partial charge < -0.3 is 23.8 Å². The van der Waals surface area contributed by atoms with Gasteiger partial charge in [-0.1, -0.05) is 36.4 Å². The summed E-state index contributed by atoms with van der Waals surface area (Å²) < 4.78 is 21.5. The zero-order valence-corrected chi connectivity index (χ0v) is 17.6. The predicted octanol–water partition coefficient (Wildman–Crippen LogP) is 3.08. The van der Waals surface area contributed by atoms with Crippen molar-refractivity contribution >= 4 is 18.0 Å². The molecule has 3 rings (SSSR count). The standard InChI is InChI=1S/C24H27NO6/c1-28-15-12-25(17-20-6-3-2-4-7-20)23(26)18-31-24(27)11-9-19-8-10-21-22(16-19)30-14-5-13-29-21/h2-4,6-11,16H,5,12-15,17-18H2,1H3/b11-9+. The molecule has 0 unspecified atom stereocenters. The third-order valence-corrected chi connectivity index (χ3v) is 4.66. The summed E-state index contributed by atoms with van der Waals surface area (Å²) >= 11 is 0. The Morgan fingerprint density at radius 1 is 1.06 bits per heavy atom. The lowest BCUT2D eigenvalue weighted by atomic mass is 10.2. The predicted molar refractivity (Wildman–Crippen MR) is 116 cm³/mol.